The van der Waals surface area contributed by atoms with Crippen LogP contribution >= 0.6 is 11.8 Å². The molecule has 4 aromatic rings. The van der Waals surface area contributed by atoms with Crippen LogP contribution in [-0.4, -0.2) is 29.3 Å². The minimum absolute atomic E-state index is 0.195. The molecule has 4 aromatic carbocycles. The van der Waals surface area contributed by atoms with E-state index in [0.717, 1.165) is 16.7 Å². The van der Waals surface area contributed by atoms with Crippen LogP contribution in [0.15, 0.2) is 121 Å². The van der Waals surface area contributed by atoms with Crippen molar-refractivity contribution in [1.29, 1.82) is 0 Å². The molecule has 2 atom stereocenters. The number of thioether (sulfide) groups is 1. The van der Waals surface area contributed by atoms with Crippen molar-refractivity contribution in [3.63, 3.8) is 0 Å². The van der Waals surface area contributed by atoms with Gasteiger partial charge in [0.05, 0.1) is 11.4 Å². The second-order valence-corrected chi connectivity index (χ2v) is 10.5. The topological polar surface area (TPSA) is 55.4 Å². The van der Waals surface area contributed by atoms with Crippen molar-refractivity contribution >= 4 is 23.6 Å². The highest BCUT2D eigenvalue weighted by Gasteiger charge is 2.65. The van der Waals surface area contributed by atoms with Crippen molar-refractivity contribution in [2.75, 3.05) is 6.61 Å². The first-order valence-corrected chi connectivity index (χ1v) is 13.4. The lowest BCUT2D eigenvalue weighted by Crippen LogP contribution is -2.47. The van der Waals surface area contributed by atoms with E-state index in [0.29, 0.717) is 12.0 Å². The van der Waals surface area contributed by atoms with Crippen LogP contribution in [0.3, 0.4) is 0 Å². The first-order chi connectivity index (χ1) is 18.1. The molecule has 0 spiro atoms. The third kappa shape index (κ3) is 4.79. The van der Waals surface area contributed by atoms with Crippen molar-refractivity contribution in [3.8, 4) is 0 Å². The van der Waals surface area contributed by atoms with E-state index in [-0.39, 0.29) is 23.7 Å². The van der Waals surface area contributed by atoms with E-state index in [2.05, 4.69) is 41.7 Å². The second-order valence-electron chi connectivity index (χ2n) is 9.10. The van der Waals surface area contributed by atoms with Crippen LogP contribution in [0, 0.1) is 0 Å². The van der Waals surface area contributed by atoms with Gasteiger partial charge in [0.25, 0.3) is 5.91 Å². The van der Waals surface area contributed by atoms with Gasteiger partial charge in [0.15, 0.2) is 5.54 Å². The monoisotopic (exact) mass is 507 g/mol. The Bertz CT molecular complexity index is 1250. The second kappa shape index (κ2) is 10.7. The van der Waals surface area contributed by atoms with E-state index in [1.165, 1.54) is 0 Å². The molecule has 0 bridgehead atoms. The Hall–Kier alpha value is -3.83. The number of amides is 1. The van der Waals surface area contributed by atoms with E-state index in [4.69, 9.17) is 4.74 Å². The summed E-state index contributed by atoms with van der Waals surface area (Å²) in [5, 5.41) is 2.87. The van der Waals surface area contributed by atoms with Gasteiger partial charge < -0.3 is 10.1 Å². The average Bonchev–Trinajstić information content (AvgIpc) is 3.66. The summed E-state index contributed by atoms with van der Waals surface area (Å²) in [5.41, 5.74) is 2.74. The smallest absolute Gasteiger partial charge is 0.333 e. The highest BCUT2D eigenvalue weighted by molar-refractivity contribution is 8.01. The van der Waals surface area contributed by atoms with Crippen LogP contribution in [0.5, 0.6) is 0 Å². The first-order valence-electron chi connectivity index (χ1n) is 12.5. The summed E-state index contributed by atoms with van der Waals surface area (Å²) in [5.74, 6) is -0.665. The van der Waals surface area contributed by atoms with Gasteiger partial charge in [-0.1, -0.05) is 109 Å². The number of carbonyl (C=O) groups excluding carboxylic acids is 2. The molecule has 0 unspecified atom stereocenters. The molecule has 0 saturated heterocycles. The fraction of sp³-hybridized carbons (Fsp3) is 0.188. The normalized spacial score (nSPS) is 18.6. The van der Waals surface area contributed by atoms with Crippen molar-refractivity contribution in [2.45, 2.75) is 28.9 Å². The third-order valence-electron chi connectivity index (χ3n) is 6.77. The van der Waals surface area contributed by atoms with E-state index in [9.17, 15) is 9.59 Å². The molecule has 1 amide bonds. The molecule has 1 aliphatic rings. The summed E-state index contributed by atoms with van der Waals surface area (Å²) < 4.78 is 4.90. The summed E-state index contributed by atoms with van der Waals surface area (Å²) in [6.45, 7) is 2.04. The molecule has 0 aromatic heterocycles. The summed E-state index contributed by atoms with van der Waals surface area (Å²) in [7, 11) is 0. The highest BCUT2D eigenvalue weighted by atomic mass is 32.2. The van der Waals surface area contributed by atoms with E-state index in [1.54, 1.807) is 30.8 Å². The molecule has 0 heterocycles. The average molecular weight is 508 g/mol. The fourth-order valence-corrected chi connectivity index (χ4v) is 6.78. The predicted octanol–water partition coefficient (Wildman–Crippen LogP) is 6.22. The molecular formula is C32H29NO3S. The van der Waals surface area contributed by atoms with Gasteiger partial charge >= 0.3 is 5.97 Å². The molecule has 1 N–H and O–H groups in total. The van der Waals surface area contributed by atoms with Gasteiger partial charge in [-0.05, 0) is 42.2 Å². The summed E-state index contributed by atoms with van der Waals surface area (Å²) in [6, 6.07) is 40.0. The zero-order chi connectivity index (χ0) is 25.7. The fourth-order valence-electron chi connectivity index (χ4n) is 4.83. The maximum Gasteiger partial charge on any atom is 0.333 e. The lowest BCUT2D eigenvalue weighted by molar-refractivity contribution is -0.146. The summed E-state index contributed by atoms with van der Waals surface area (Å²) in [4.78, 5) is 26.6. The van der Waals surface area contributed by atoms with Crippen LogP contribution in [0.2, 0.25) is 0 Å². The van der Waals surface area contributed by atoms with Crippen molar-refractivity contribution in [3.05, 3.63) is 144 Å². The third-order valence-corrected chi connectivity index (χ3v) is 8.68. The van der Waals surface area contributed by atoms with Gasteiger partial charge in [-0.25, -0.2) is 4.79 Å². The number of nitrogens with one attached hydrogen (secondary N) is 1. The van der Waals surface area contributed by atoms with Crippen molar-refractivity contribution in [1.82, 2.24) is 5.32 Å². The highest BCUT2D eigenvalue weighted by Crippen LogP contribution is 2.59. The Morgan fingerprint density at radius 2 is 1.22 bits per heavy atom. The largest absolute Gasteiger partial charge is 0.464 e. The molecule has 4 nitrogen and oxygen atoms in total. The molecule has 186 valence electrons. The minimum atomic E-state index is -1.10. The number of ether oxygens (including phenoxy) is 1. The summed E-state index contributed by atoms with van der Waals surface area (Å²) >= 11 is 1.70. The minimum Gasteiger partial charge on any atom is -0.464 e. The molecular weight excluding hydrogens is 478 g/mol. The van der Waals surface area contributed by atoms with Gasteiger partial charge in [0, 0.05) is 10.8 Å². The van der Waals surface area contributed by atoms with Gasteiger partial charge in [0.1, 0.15) is 0 Å². The molecule has 5 rings (SSSR count). The zero-order valence-corrected chi connectivity index (χ0v) is 21.5. The molecule has 0 radical (unpaired) electrons. The van der Waals surface area contributed by atoms with E-state index >= 15 is 0 Å². The van der Waals surface area contributed by atoms with E-state index < -0.39 is 10.3 Å². The summed E-state index contributed by atoms with van der Waals surface area (Å²) in [6.07, 6.45) is 0.489. The molecule has 1 saturated carbocycles. The van der Waals surface area contributed by atoms with Gasteiger partial charge in [-0.2, -0.15) is 0 Å². The van der Waals surface area contributed by atoms with Gasteiger partial charge in [-0.3, -0.25) is 4.79 Å². The number of esters is 1. The van der Waals surface area contributed by atoms with Crippen molar-refractivity contribution in [2.24, 2.45) is 0 Å². The number of hydrogen-bond donors (Lipinski definition) is 1. The Morgan fingerprint density at radius 1 is 0.784 bits per heavy atom. The van der Waals surface area contributed by atoms with Crippen molar-refractivity contribution < 1.29 is 14.3 Å². The Kier molecular flexibility index (Phi) is 7.15. The first kappa shape index (κ1) is 24.8. The molecule has 5 heteroatoms. The molecule has 1 aliphatic carbocycles. The number of rotatable bonds is 9. The Balaban J connectivity index is 1.59. The predicted molar refractivity (Wildman–Crippen MR) is 148 cm³/mol. The van der Waals surface area contributed by atoms with Crippen LogP contribution < -0.4 is 5.32 Å². The van der Waals surface area contributed by atoms with Crippen LogP contribution in [0.4, 0.5) is 0 Å². The Labute approximate surface area is 222 Å². The van der Waals surface area contributed by atoms with Gasteiger partial charge in [-0.15, -0.1) is 11.8 Å². The molecule has 1 fully saturated rings. The SMILES string of the molecule is CCOC(=O)[C@@]1(NC(=O)c2ccccc2)C[C@H]1SC(c1ccccc1)(c1ccccc1)c1ccccc1. The number of carbonyl (C=O) groups is 2. The lowest BCUT2D eigenvalue weighted by Gasteiger charge is -2.36. The Morgan fingerprint density at radius 3 is 1.65 bits per heavy atom. The van der Waals surface area contributed by atoms with Crippen LogP contribution in [0.25, 0.3) is 0 Å². The lowest BCUT2D eigenvalue weighted by atomic mass is 9.84. The van der Waals surface area contributed by atoms with Gasteiger partial charge in [0.2, 0.25) is 0 Å². The zero-order valence-electron chi connectivity index (χ0n) is 20.7. The standard InChI is InChI=1S/C32H29NO3S/c1-2-36-30(35)31(33-29(34)24-15-7-3-8-16-24)23-28(31)37-32(25-17-9-4-10-18-25,26-19-11-5-12-20-26)27-21-13-6-14-22-27/h3-22,28H,2,23H2,1H3,(H,33,34)/t28-,31-/m1/s1. The molecule has 37 heavy (non-hydrogen) atoms. The van der Waals surface area contributed by atoms with Crippen LogP contribution in [-0.2, 0) is 14.3 Å². The number of benzene rings is 4. The number of hydrogen-bond acceptors (Lipinski definition) is 4. The maximum absolute atomic E-state index is 13.3. The van der Waals surface area contributed by atoms with Crippen LogP contribution in [0.1, 0.15) is 40.4 Å². The van der Waals surface area contributed by atoms with E-state index in [1.807, 2.05) is 72.8 Å². The maximum atomic E-state index is 13.3. The molecule has 0 aliphatic heterocycles. The quantitative estimate of drug-likeness (QED) is 0.216.